The van der Waals surface area contributed by atoms with Crippen LogP contribution in [0.3, 0.4) is 0 Å². The van der Waals surface area contributed by atoms with Crippen molar-refractivity contribution in [3.63, 3.8) is 0 Å². The van der Waals surface area contributed by atoms with Gasteiger partial charge >= 0.3 is 6.03 Å². The van der Waals surface area contributed by atoms with Gasteiger partial charge in [0, 0.05) is 29.9 Å². The molecule has 0 unspecified atom stereocenters. The lowest BCUT2D eigenvalue weighted by Crippen LogP contribution is -2.51. The number of rotatable bonds is 5. The van der Waals surface area contributed by atoms with Crippen LogP contribution in [0, 0.1) is 11.2 Å². The molecule has 1 aliphatic rings. The van der Waals surface area contributed by atoms with Crippen molar-refractivity contribution in [2.24, 2.45) is 0 Å². The zero-order valence-corrected chi connectivity index (χ0v) is 17.7. The molecule has 30 heavy (non-hydrogen) atoms. The molecule has 0 saturated heterocycles. The van der Waals surface area contributed by atoms with Crippen LogP contribution in [0.5, 0.6) is 5.75 Å². The Morgan fingerprint density at radius 3 is 2.80 bits per heavy atom. The molecule has 2 aromatic carbocycles. The molecule has 3 amide bonds. The molecule has 1 aliphatic heterocycles. The number of nitrogens with zero attached hydrogens (tertiary/aromatic N) is 1. The molecule has 0 fully saturated rings. The second-order valence-corrected chi connectivity index (χ2v) is 7.57. The Bertz CT molecular complexity index is 994. The van der Waals surface area contributed by atoms with Gasteiger partial charge in [0.05, 0.1) is 5.69 Å². The molecule has 0 aromatic heterocycles. The van der Waals surface area contributed by atoms with E-state index in [0.717, 1.165) is 10.0 Å². The highest BCUT2D eigenvalue weighted by molar-refractivity contribution is 9.10. The van der Waals surface area contributed by atoms with Gasteiger partial charge in [-0.2, -0.15) is 0 Å². The first-order valence-corrected chi connectivity index (χ1v) is 9.88. The van der Waals surface area contributed by atoms with Crippen LogP contribution >= 0.6 is 15.9 Å². The van der Waals surface area contributed by atoms with Crippen molar-refractivity contribution in [1.82, 2.24) is 10.6 Å². The number of nitrogens with one attached hydrogen (secondary N) is 3. The Labute approximate surface area is 181 Å². The largest absolute Gasteiger partial charge is 0.489 e. The van der Waals surface area contributed by atoms with Crippen molar-refractivity contribution in [1.29, 1.82) is 5.41 Å². The molecule has 1 atom stereocenters. The normalized spacial score (nSPS) is 15.9. The van der Waals surface area contributed by atoms with Gasteiger partial charge in [0.25, 0.3) is 5.91 Å². The molecular weight excluding hydrogens is 455 g/mol. The molecule has 0 spiro atoms. The predicted octanol–water partition coefficient (Wildman–Crippen LogP) is 3.39. The van der Waals surface area contributed by atoms with Crippen LogP contribution in [0.15, 0.2) is 59.2 Å². The summed E-state index contributed by atoms with van der Waals surface area (Å²) >= 11 is 3.37. The van der Waals surface area contributed by atoms with Gasteiger partial charge in [-0.1, -0.05) is 28.1 Å². The van der Waals surface area contributed by atoms with E-state index in [-0.39, 0.29) is 24.0 Å². The number of amides is 3. The van der Waals surface area contributed by atoms with Gasteiger partial charge < -0.3 is 25.7 Å². The number of anilines is 1. The molecule has 7 nitrogen and oxygen atoms in total. The second kappa shape index (κ2) is 9.53. The van der Waals surface area contributed by atoms with E-state index in [9.17, 15) is 14.0 Å². The standard InChI is InChI=1S/C21H20BrFN4O3/c1-27-18-11-14(22)4-7-19(18)30-12-17(20(27)28)26-21(29)25-9-8-16(24)10-13-2-5-15(23)6-3-13/h2-9,11,17,24H,10,12H2,1H3,(H2,25,26,29)/b9-8-,24-16?/t17-/m0/s1. The predicted molar refractivity (Wildman–Crippen MR) is 115 cm³/mol. The van der Waals surface area contributed by atoms with Gasteiger partial charge in [-0.25, -0.2) is 9.18 Å². The monoisotopic (exact) mass is 474 g/mol. The number of hydrogen-bond acceptors (Lipinski definition) is 4. The lowest BCUT2D eigenvalue weighted by molar-refractivity contribution is -0.120. The average Bonchev–Trinajstić information content (AvgIpc) is 2.82. The first kappa shape index (κ1) is 21.5. The number of fused-ring (bicyclic) bond motifs is 1. The van der Waals surface area contributed by atoms with Gasteiger partial charge in [0.1, 0.15) is 24.2 Å². The Kier molecular flexibility index (Phi) is 6.83. The maximum absolute atomic E-state index is 12.9. The lowest BCUT2D eigenvalue weighted by Gasteiger charge is -2.20. The summed E-state index contributed by atoms with van der Waals surface area (Å²) in [4.78, 5) is 26.3. The molecule has 3 rings (SSSR count). The molecule has 156 valence electrons. The minimum Gasteiger partial charge on any atom is -0.489 e. The first-order valence-electron chi connectivity index (χ1n) is 9.09. The summed E-state index contributed by atoms with van der Waals surface area (Å²) < 4.78 is 19.4. The van der Waals surface area contributed by atoms with Crippen LogP contribution in [0.25, 0.3) is 0 Å². The van der Waals surface area contributed by atoms with Crippen molar-refractivity contribution in [3.05, 3.63) is 70.6 Å². The van der Waals surface area contributed by atoms with E-state index in [4.69, 9.17) is 10.1 Å². The summed E-state index contributed by atoms with van der Waals surface area (Å²) in [5, 5.41) is 13.0. The number of likely N-dealkylation sites (N-methyl/N-ethyl adjacent to an activating group) is 1. The summed E-state index contributed by atoms with van der Waals surface area (Å²) in [5.41, 5.74) is 1.62. The highest BCUT2D eigenvalue weighted by Crippen LogP contribution is 2.33. The molecule has 0 radical (unpaired) electrons. The van der Waals surface area contributed by atoms with Crippen LogP contribution < -0.4 is 20.3 Å². The van der Waals surface area contributed by atoms with E-state index < -0.39 is 12.1 Å². The van der Waals surface area contributed by atoms with Gasteiger partial charge in [0.2, 0.25) is 0 Å². The van der Waals surface area contributed by atoms with E-state index in [1.165, 1.54) is 29.3 Å². The third kappa shape index (κ3) is 5.44. The van der Waals surface area contributed by atoms with Crippen molar-refractivity contribution in [2.45, 2.75) is 12.5 Å². The van der Waals surface area contributed by atoms with Crippen LogP contribution in [0.4, 0.5) is 14.9 Å². The van der Waals surface area contributed by atoms with Gasteiger partial charge in [-0.3, -0.25) is 4.79 Å². The maximum atomic E-state index is 12.9. The van der Waals surface area contributed by atoms with Crippen LogP contribution in [-0.4, -0.2) is 37.3 Å². The highest BCUT2D eigenvalue weighted by atomic mass is 79.9. The zero-order chi connectivity index (χ0) is 21.7. The summed E-state index contributed by atoms with van der Waals surface area (Å²) in [6.45, 7) is -0.00464. The van der Waals surface area contributed by atoms with Gasteiger partial charge in [0.15, 0.2) is 0 Å². The summed E-state index contributed by atoms with van der Waals surface area (Å²) in [6.07, 6.45) is 3.04. The summed E-state index contributed by atoms with van der Waals surface area (Å²) in [7, 11) is 1.62. The number of urea groups is 1. The van der Waals surface area contributed by atoms with E-state index in [1.807, 2.05) is 6.07 Å². The summed E-state index contributed by atoms with van der Waals surface area (Å²) in [6, 6.07) is 9.73. The molecule has 3 N–H and O–H groups in total. The minimum atomic E-state index is -0.867. The number of carbonyl (C=O) groups excluding carboxylic acids is 2. The van der Waals surface area contributed by atoms with Crippen LogP contribution in [0.1, 0.15) is 5.56 Å². The number of ether oxygens (including phenoxy) is 1. The van der Waals surface area contributed by atoms with Gasteiger partial charge in [-0.05, 0) is 42.0 Å². The molecule has 1 heterocycles. The second-order valence-electron chi connectivity index (χ2n) is 6.65. The number of benzene rings is 2. The Balaban J connectivity index is 1.53. The number of halogens is 2. The summed E-state index contributed by atoms with van der Waals surface area (Å²) in [5.74, 6) is -0.0968. The SMILES string of the molecule is CN1C(=O)[C@@H](NC(=O)N/C=C\C(=N)Cc2ccc(F)cc2)COc2ccc(Br)cc21. The Morgan fingerprint density at radius 2 is 2.07 bits per heavy atom. The van der Waals surface area contributed by atoms with Crippen molar-refractivity contribution < 1.29 is 18.7 Å². The molecule has 0 saturated carbocycles. The molecular formula is C21H20BrFN4O3. The van der Waals surface area contributed by atoms with E-state index in [0.29, 0.717) is 17.9 Å². The van der Waals surface area contributed by atoms with Crippen molar-refractivity contribution >= 4 is 39.3 Å². The smallest absolute Gasteiger partial charge is 0.319 e. The molecule has 0 aliphatic carbocycles. The molecule has 2 aromatic rings. The molecule has 0 bridgehead atoms. The van der Waals surface area contributed by atoms with E-state index >= 15 is 0 Å². The fourth-order valence-electron chi connectivity index (χ4n) is 2.87. The fraction of sp³-hybridized carbons (Fsp3) is 0.190. The first-order chi connectivity index (χ1) is 14.3. The van der Waals surface area contributed by atoms with Gasteiger partial charge in [-0.15, -0.1) is 0 Å². The third-order valence-corrected chi connectivity index (χ3v) is 4.92. The lowest BCUT2D eigenvalue weighted by atomic mass is 10.1. The van der Waals surface area contributed by atoms with E-state index in [1.54, 1.807) is 31.3 Å². The highest BCUT2D eigenvalue weighted by Gasteiger charge is 2.30. The fourth-order valence-corrected chi connectivity index (χ4v) is 3.22. The van der Waals surface area contributed by atoms with Crippen molar-refractivity contribution in [2.75, 3.05) is 18.6 Å². The average molecular weight is 475 g/mol. The molecule has 9 heteroatoms. The minimum absolute atomic E-state index is 0.00464. The quantitative estimate of drug-likeness (QED) is 0.579. The zero-order valence-electron chi connectivity index (χ0n) is 16.1. The third-order valence-electron chi connectivity index (χ3n) is 4.43. The van der Waals surface area contributed by atoms with Crippen LogP contribution in [-0.2, 0) is 11.2 Å². The topological polar surface area (TPSA) is 94.5 Å². The Hall–Kier alpha value is -3.20. The number of hydrogen-bond donors (Lipinski definition) is 3. The van der Waals surface area contributed by atoms with E-state index in [2.05, 4.69) is 26.6 Å². The maximum Gasteiger partial charge on any atom is 0.319 e. The number of allylic oxidation sites excluding steroid dienone is 1. The Morgan fingerprint density at radius 1 is 1.33 bits per heavy atom. The number of carbonyl (C=O) groups is 2. The van der Waals surface area contributed by atoms with Crippen molar-refractivity contribution in [3.8, 4) is 5.75 Å². The van der Waals surface area contributed by atoms with Crippen LogP contribution in [0.2, 0.25) is 0 Å².